The van der Waals surface area contributed by atoms with Crippen molar-refractivity contribution in [1.29, 1.82) is 5.26 Å². The van der Waals surface area contributed by atoms with Crippen LogP contribution in [0.15, 0.2) is 18.2 Å². The number of hydrogen-bond acceptors (Lipinski definition) is 5. The molecule has 0 radical (unpaired) electrons. The van der Waals surface area contributed by atoms with Gasteiger partial charge in [0.1, 0.15) is 6.10 Å². The van der Waals surface area contributed by atoms with Gasteiger partial charge in [0.2, 0.25) is 0 Å². The molecule has 2 N–H and O–H groups in total. The van der Waals surface area contributed by atoms with Crippen LogP contribution in [-0.2, 0) is 9.53 Å². The number of aliphatic hydroxyl groups excluding tert-OH is 2. The Morgan fingerprint density at radius 1 is 1.50 bits per heavy atom. The lowest BCUT2D eigenvalue weighted by molar-refractivity contribution is -0.159. The summed E-state index contributed by atoms with van der Waals surface area (Å²) in [4.78, 5) is 11.3. The van der Waals surface area contributed by atoms with Gasteiger partial charge in [0, 0.05) is 0 Å². The molecule has 2 unspecified atom stereocenters. The summed E-state index contributed by atoms with van der Waals surface area (Å²) in [6.07, 6.45) is -3.06. The minimum Gasteiger partial charge on any atom is -0.464 e. The van der Waals surface area contributed by atoms with Crippen LogP contribution in [0.2, 0.25) is 0 Å². The number of benzene rings is 1. The zero-order valence-electron chi connectivity index (χ0n) is 10.3. The van der Waals surface area contributed by atoms with Crippen LogP contribution < -0.4 is 0 Å². The first-order valence-electron chi connectivity index (χ1n) is 5.54. The quantitative estimate of drug-likeness (QED) is 0.771. The standard InChI is InChI=1S/C13H15NO4/c1-3-18-13(17)12(16)11(15)10-6-9(7-14)5-4-8(10)2/h4-6,11-12,15-16H,3H2,1-2H3. The van der Waals surface area contributed by atoms with E-state index in [-0.39, 0.29) is 6.61 Å². The largest absolute Gasteiger partial charge is 0.464 e. The maximum absolute atomic E-state index is 11.3. The molecule has 0 saturated heterocycles. The Bertz CT molecular complexity index is 478. The normalized spacial score (nSPS) is 13.5. The lowest BCUT2D eigenvalue weighted by atomic mass is 9.97. The molecule has 18 heavy (non-hydrogen) atoms. The third-order valence-electron chi connectivity index (χ3n) is 2.55. The molecule has 0 heterocycles. The zero-order chi connectivity index (χ0) is 13.7. The van der Waals surface area contributed by atoms with Crippen LogP contribution in [0.25, 0.3) is 0 Å². The number of aryl methyl sites for hydroxylation is 1. The van der Waals surface area contributed by atoms with Crippen molar-refractivity contribution in [2.24, 2.45) is 0 Å². The molecule has 0 aliphatic carbocycles. The van der Waals surface area contributed by atoms with Gasteiger partial charge in [0.25, 0.3) is 0 Å². The number of rotatable bonds is 4. The van der Waals surface area contributed by atoms with Crippen molar-refractivity contribution >= 4 is 5.97 Å². The van der Waals surface area contributed by atoms with Crippen LogP contribution in [-0.4, -0.2) is 28.9 Å². The number of nitriles is 1. The fraction of sp³-hybridized carbons (Fsp3) is 0.385. The van der Waals surface area contributed by atoms with Crippen molar-refractivity contribution in [2.75, 3.05) is 6.61 Å². The molecular weight excluding hydrogens is 234 g/mol. The van der Waals surface area contributed by atoms with Crippen LogP contribution in [0.5, 0.6) is 0 Å². The summed E-state index contributed by atoms with van der Waals surface area (Å²) < 4.78 is 4.63. The van der Waals surface area contributed by atoms with E-state index in [0.29, 0.717) is 16.7 Å². The zero-order valence-corrected chi connectivity index (χ0v) is 10.3. The van der Waals surface area contributed by atoms with E-state index in [1.165, 1.54) is 6.07 Å². The number of ether oxygens (including phenoxy) is 1. The Hall–Kier alpha value is -1.90. The maximum Gasteiger partial charge on any atom is 0.338 e. The fourth-order valence-electron chi connectivity index (χ4n) is 1.56. The van der Waals surface area contributed by atoms with Gasteiger partial charge < -0.3 is 14.9 Å². The van der Waals surface area contributed by atoms with Crippen LogP contribution in [0.1, 0.15) is 29.7 Å². The van der Waals surface area contributed by atoms with E-state index < -0.39 is 18.2 Å². The average Bonchev–Trinajstić information content (AvgIpc) is 2.38. The van der Waals surface area contributed by atoms with Crippen molar-refractivity contribution in [2.45, 2.75) is 26.1 Å². The van der Waals surface area contributed by atoms with E-state index in [9.17, 15) is 15.0 Å². The Kier molecular flexibility index (Phi) is 4.84. The molecule has 0 spiro atoms. The highest BCUT2D eigenvalue weighted by Crippen LogP contribution is 2.22. The van der Waals surface area contributed by atoms with Crippen molar-refractivity contribution < 1.29 is 19.7 Å². The highest BCUT2D eigenvalue weighted by atomic mass is 16.5. The van der Waals surface area contributed by atoms with Crippen LogP contribution >= 0.6 is 0 Å². The molecule has 0 aromatic heterocycles. The minimum absolute atomic E-state index is 0.125. The second kappa shape index (κ2) is 6.15. The number of carbonyl (C=O) groups is 1. The van der Waals surface area contributed by atoms with Crippen molar-refractivity contribution in [3.05, 3.63) is 34.9 Å². The Morgan fingerprint density at radius 2 is 2.17 bits per heavy atom. The molecule has 0 fully saturated rings. The van der Waals surface area contributed by atoms with E-state index in [1.807, 2.05) is 6.07 Å². The van der Waals surface area contributed by atoms with Gasteiger partial charge in [-0.05, 0) is 37.1 Å². The van der Waals surface area contributed by atoms with Crippen molar-refractivity contribution in [3.63, 3.8) is 0 Å². The topological polar surface area (TPSA) is 90.6 Å². The van der Waals surface area contributed by atoms with Gasteiger partial charge in [0.15, 0.2) is 6.10 Å². The Labute approximate surface area is 105 Å². The molecule has 1 aromatic carbocycles. The molecule has 96 valence electrons. The van der Waals surface area contributed by atoms with Crippen LogP contribution in [0.3, 0.4) is 0 Å². The molecule has 1 rings (SSSR count). The molecule has 5 heteroatoms. The monoisotopic (exact) mass is 249 g/mol. The summed E-state index contributed by atoms with van der Waals surface area (Å²) in [5.41, 5.74) is 1.38. The van der Waals surface area contributed by atoms with E-state index in [0.717, 1.165) is 0 Å². The summed E-state index contributed by atoms with van der Waals surface area (Å²) >= 11 is 0. The van der Waals surface area contributed by atoms with E-state index in [2.05, 4.69) is 4.74 Å². The van der Waals surface area contributed by atoms with Crippen molar-refractivity contribution in [3.8, 4) is 6.07 Å². The molecule has 1 aromatic rings. The minimum atomic E-state index is -1.66. The fourth-order valence-corrected chi connectivity index (χ4v) is 1.56. The third kappa shape index (κ3) is 3.06. The second-order valence-corrected chi connectivity index (χ2v) is 3.82. The second-order valence-electron chi connectivity index (χ2n) is 3.82. The predicted molar refractivity (Wildman–Crippen MR) is 63.5 cm³/mol. The first-order chi connectivity index (χ1) is 8.51. The van der Waals surface area contributed by atoms with Gasteiger partial charge in [-0.25, -0.2) is 4.79 Å². The van der Waals surface area contributed by atoms with E-state index in [1.54, 1.807) is 26.0 Å². The van der Waals surface area contributed by atoms with Crippen molar-refractivity contribution in [1.82, 2.24) is 0 Å². The average molecular weight is 249 g/mol. The molecule has 0 aliphatic rings. The lowest BCUT2D eigenvalue weighted by Gasteiger charge is -2.18. The van der Waals surface area contributed by atoms with Crippen LogP contribution in [0.4, 0.5) is 0 Å². The first kappa shape index (κ1) is 14.2. The Morgan fingerprint density at radius 3 is 2.72 bits per heavy atom. The van der Waals surface area contributed by atoms with Gasteiger partial charge in [-0.3, -0.25) is 0 Å². The summed E-state index contributed by atoms with van der Waals surface area (Å²) in [5.74, 6) is -0.883. The van der Waals surface area contributed by atoms with Gasteiger partial charge in [-0.2, -0.15) is 5.26 Å². The molecule has 0 aliphatic heterocycles. The summed E-state index contributed by atoms with van der Waals surface area (Å²) in [7, 11) is 0. The summed E-state index contributed by atoms with van der Waals surface area (Å²) in [6, 6.07) is 6.63. The Balaban J connectivity index is 2.99. The van der Waals surface area contributed by atoms with Crippen LogP contribution in [0, 0.1) is 18.3 Å². The van der Waals surface area contributed by atoms with Gasteiger partial charge >= 0.3 is 5.97 Å². The van der Waals surface area contributed by atoms with E-state index in [4.69, 9.17) is 5.26 Å². The SMILES string of the molecule is CCOC(=O)C(O)C(O)c1cc(C#N)ccc1C. The first-order valence-corrected chi connectivity index (χ1v) is 5.54. The summed E-state index contributed by atoms with van der Waals surface area (Å²) in [6.45, 7) is 3.45. The summed E-state index contributed by atoms with van der Waals surface area (Å²) in [5, 5.41) is 28.4. The molecule has 2 atom stereocenters. The predicted octanol–water partition coefficient (Wildman–Crippen LogP) is 0.824. The molecule has 0 saturated carbocycles. The molecule has 5 nitrogen and oxygen atoms in total. The maximum atomic E-state index is 11.3. The molecule has 0 amide bonds. The molecule has 0 bridgehead atoms. The number of nitrogens with zero attached hydrogens (tertiary/aromatic N) is 1. The van der Waals surface area contributed by atoms with E-state index >= 15 is 0 Å². The number of hydrogen-bond donors (Lipinski definition) is 2. The highest BCUT2D eigenvalue weighted by molar-refractivity contribution is 5.75. The highest BCUT2D eigenvalue weighted by Gasteiger charge is 2.28. The number of carbonyl (C=O) groups excluding carboxylic acids is 1. The lowest BCUT2D eigenvalue weighted by Crippen LogP contribution is -2.30. The number of esters is 1. The van der Waals surface area contributed by atoms with Gasteiger partial charge in [-0.1, -0.05) is 6.07 Å². The molecular formula is C13H15NO4. The smallest absolute Gasteiger partial charge is 0.338 e. The van der Waals surface area contributed by atoms with Gasteiger partial charge in [-0.15, -0.1) is 0 Å². The third-order valence-corrected chi connectivity index (χ3v) is 2.55. The van der Waals surface area contributed by atoms with Gasteiger partial charge in [0.05, 0.1) is 18.2 Å². The number of aliphatic hydroxyl groups is 2.